The van der Waals surface area contributed by atoms with Crippen LogP contribution in [0.15, 0.2) is 12.5 Å². The summed E-state index contributed by atoms with van der Waals surface area (Å²) in [5.74, 6) is 2.61. The average Bonchev–Trinajstić information content (AvgIpc) is 2.69. The number of aromatic nitrogens is 2. The van der Waals surface area contributed by atoms with Crippen molar-refractivity contribution in [2.24, 2.45) is 0 Å². The summed E-state index contributed by atoms with van der Waals surface area (Å²) >= 11 is 2.06. The van der Waals surface area contributed by atoms with Crippen molar-refractivity contribution in [1.29, 1.82) is 0 Å². The van der Waals surface area contributed by atoms with E-state index in [1.807, 2.05) is 6.20 Å². The van der Waals surface area contributed by atoms with E-state index < -0.39 is 0 Å². The maximum Gasteiger partial charge on any atom is 0.0922 e. The van der Waals surface area contributed by atoms with Gasteiger partial charge in [0.05, 0.1) is 6.33 Å². The Morgan fingerprint density at radius 3 is 3.08 bits per heavy atom. The van der Waals surface area contributed by atoms with Gasteiger partial charge in [-0.15, -0.1) is 0 Å². The first kappa shape index (κ1) is 9.09. The second-order valence-electron chi connectivity index (χ2n) is 3.34. The highest BCUT2D eigenvalue weighted by atomic mass is 32.2. The number of H-pyrrole nitrogens is 1. The lowest BCUT2D eigenvalue weighted by Crippen LogP contribution is -2.32. The van der Waals surface area contributed by atoms with E-state index in [1.165, 1.54) is 30.0 Å². The summed E-state index contributed by atoms with van der Waals surface area (Å²) in [5, 5.41) is 3.54. The fourth-order valence-electron chi connectivity index (χ4n) is 1.54. The highest BCUT2D eigenvalue weighted by molar-refractivity contribution is 7.99. The van der Waals surface area contributed by atoms with Gasteiger partial charge >= 0.3 is 0 Å². The minimum Gasteiger partial charge on any atom is -0.347 e. The highest BCUT2D eigenvalue weighted by Crippen LogP contribution is 2.16. The predicted octanol–water partition coefficient (Wildman–Crippen LogP) is 1.39. The van der Waals surface area contributed by atoms with E-state index in [2.05, 4.69) is 27.0 Å². The average molecular weight is 197 g/mol. The lowest BCUT2D eigenvalue weighted by molar-refractivity contribution is 0.479. The van der Waals surface area contributed by atoms with E-state index in [4.69, 9.17) is 0 Å². The fraction of sp³-hybridized carbons (Fsp3) is 0.667. The van der Waals surface area contributed by atoms with Gasteiger partial charge in [-0.05, 0) is 24.3 Å². The monoisotopic (exact) mass is 197 g/mol. The van der Waals surface area contributed by atoms with Crippen molar-refractivity contribution in [1.82, 2.24) is 15.3 Å². The summed E-state index contributed by atoms with van der Waals surface area (Å²) in [6.45, 7) is 0.926. The third-order valence-electron chi connectivity index (χ3n) is 2.36. The zero-order chi connectivity index (χ0) is 8.93. The Balaban J connectivity index is 1.72. The molecule has 0 saturated carbocycles. The summed E-state index contributed by atoms with van der Waals surface area (Å²) in [4.78, 5) is 7.08. The molecule has 3 nitrogen and oxygen atoms in total. The standard InChI is InChI=1S/C9H15N3S/c1-3-13-4-2-8(1)11-6-9-5-10-7-12-9/h5,7-8,11H,1-4,6H2,(H,10,12). The van der Waals surface area contributed by atoms with Crippen molar-refractivity contribution in [2.45, 2.75) is 25.4 Å². The summed E-state index contributed by atoms with van der Waals surface area (Å²) in [6, 6.07) is 0.713. The van der Waals surface area contributed by atoms with Crippen LogP contribution in [0.1, 0.15) is 18.5 Å². The van der Waals surface area contributed by atoms with Crippen LogP contribution in [0.3, 0.4) is 0 Å². The first-order chi connectivity index (χ1) is 6.45. The molecule has 4 heteroatoms. The van der Waals surface area contributed by atoms with Crippen LogP contribution < -0.4 is 5.32 Å². The molecule has 1 aromatic heterocycles. The molecule has 0 aromatic carbocycles. The van der Waals surface area contributed by atoms with Crippen LogP contribution in [0.2, 0.25) is 0 Å². The Bertz CT molecular complexity index is 229. The summed E-state index contributed by atoms with van der Waals surface area (Å²) in [6.07, 6.45) is 6.22. The molecule has 0 amide bonds. The minimum atomic E-state index is 0.713. The van der Waals surface area contributed by atoms with E-state index in [-0.39, 0.29) is 0 Å². The molecule has 0 atom stereocenters. The summed E-state index contributed by atoms with van der Waals surface area (Å²) in [5.41, 5.74) is 1.18. The highest BCUT2D eigenvalue weighted by Gasteiger charge is 2.12. The van der Waals surface area contributed by atoms with Crippen LogP contribution in [0, 0.1) is 0 Å². The molecule has 13 heavy (non-hydrogen) atoms. The molecule has 1 aromatic rings. The number of aromatic amines is 1. The molecule has 0 aliphatic carbocycles. The third-order valence-corrected chi connectivity index (χ3v) is 3.41. The largest absolute Gasteiger partial charge is 0.347 e. The van der Waals surface area contributed by atoms with Crippen LogP contribution in [0.4, 0.5) is 0 Å². The maximum absolute atomic E-state index is 3.99. The van der Waals surface area contributed by atoms with Crippen molar-refractivity contribution >= 4 is 11.8 Å². The Hall–Kier alpha value is -0.480. The second-order valence-corrected chi connectivity index (χ2v) is 4.57. The topological polar surface area (TPSA) is 40.7 Å². The van der Waals surface area contributed by atoms with Crippen molar-refractivity contribution in [3.05, 3.63) is 18.2 Å². The molecule has 1 fully saturated rings. The van der Waals surface area contributed by atoms with Crippen LogP contribution in [-0.4, -0.2) is 27.5 Å². The first-order valence-corrected chi connectivity index (χ1v) is 5.89. The van der Waals surface area contributed by atoms with Gasteiger partial charge in [0.15, 0.2) is 0 Å². The van der Waals surface area contributed by atoms with Crippen LogP contribution in [0.5, 0.6) is 0 Å². The molecule has 0 unspecified atom stereocenters. The van der Waals surface area contributed by atoms with E-state index >= 15 is 0 Å². The van der Waals surface area contributed by atoms with Gasteiger partial charge < -0.3 is 10.3 Å². The minimum absolute atomic E-state index is 0.713. The molecule has 2 rings (SSSR count). The van der Waals surface area contributed by atoms with Crippen molar-refractivity contribution < 1.29 is 0 Å². The second kappa shape index (κ2) is 4.67. The van der Waals surface area contributed by atoms with Crippen LogP contribution >= 0.6 is 11.8 Å². The number of nitrogens with one attached hydrogen (secondary N) is 2. The van der Waals surface area contributed by atoms with E-state index in [9.17, 15) is 0 Å². The number of hydrogen-bond acceptors (Lipinski definition) is 3. The molecule has 2 heterocycles. The van der Waals surface area contributed by atoms with Gasteiger partial charge in [-0.25, -0.2) is 4.98 Å². The predicted molar refractivity (Wildman–Crippen MR) is 55.8 cm³/mol. The van der Waals surface area contributed by atoms with Gasteiger partial charge in [-0.1, -0.05) is 0 Å². The zero-order valence-corrected chi connectivity index (χ0v) is 8.44. The molecule has 0 bridgehead atoms. The Labute approximate surface area is 82.7 Å². The Morgan fingerprint density at radius 1 is 1.54 bits per heavy atom. The summed E-state index contributed by atoms with van der Waals surface area (Å²) in [7, 11) is 0. The normalized spacial score (nSPS) is 19.1. The van der Waals surface area contributed by atoms with Gasteiger partial charge in [-0.2, -0.15) is 11.8 Å². The smallest absolute Gasteiger partial charge is 0.0922 e. The Kier molecular flexibility index (Phi) is 3.27. The molecule has 1 aliphatic heterocycles. The molecular formula is C9H15N3S. The molecule has 1 aliphatic rings. The molecule has 2 N–H and O–H groups in total. The van der Waals surface area contributed by atoms with Crippen LogP contribution in [-0.2, 0) is 6.54 Å². The van der Waals surface area contributed by atoms with E-state index in [0.717, 1.165) is 6.54 Å². The van der Waals surface area contributed by atoms with Gasteiger partial charge in [0.2, 0.25) is 0 Å². The molecule has 0 spiro atoms. The molecular weight excluding hydrogens is 182 g/mol. The van der Waals surface area contributed by atoms with Gasteiger partial charge in [0.1, 0.15) is 0 Å². The van der Waals surface area contributed by atoms with Gasteiger partial charge in [0, 0.05) is 24.5 Å². The Morgan fingerprint density at radius 2 is 2.38 bits per heavy atom. The number of hydrogen-bond donors (Lipinski definition) is 2. The molecule has 0 radical (unpaired) electrons. The third kappa shape index (κ3) is 2.74. The van der Waals surface area contributed by atoms with Crippen LogP contribution in [0.25, 0.3) is 0 Å². The lowest BCUT2D eigenvalue weighted by Gasteiger charge is -2.22. The van der Waals surface area contributed by atoms with Crippen molar-refractivity contribution in [3.63, 3.8) is 0 Å². The van der Waals surface area contributed by atoms with E-state index in [0.29, 0.717) is 6.04 Å². The maximum atomic E-state index is 3.99. The number of imidazole rings is 1. The first-order valence-electron chi connectivity index (χ1n) is 4.73. The van der Waals surface area contributed by atoms with Crippen molar-refractivity contribution in [3.8, 4) is 0 Å². The van der Waals surface area contributed by atoms with Gasteiger partial charge in [0.25, 0.3) is 0 Å². The molecule has 1 saturated heterocycles. The van der Waals surface area contributed by atoms with E-state index in [1.54, 1.807) is 6.33 Å². The summed E-state index contributed by atoms with van der Waals surface area (Å²) < 4.78 is 0. The number of nitrogens with zero attached hydrogens (tertiary/aromatic N) is 1. The SMILES string of the molecule is c1ncc(CNC2CCSCC2)[nH]1. The van der Waals surface area contributed by atoms with Gasteiger partial charge in [-0.3, -0.25) is 0 Å². The van der Waals surface area contributed by atoms with Crippen molar-refractivity contribution in [2.75, 3.05) is 11.5 Å². The quantitative estimate of drug-likeness (QED) is 0.769. The molecule has 72 valence electrons. The lowest BCUT2D eigenvalue weighted by atomic mass is 10.1. The fourth-order valence-corrected chi connectivity index (χ4v) is 2.64. The number of rotatable bonds is 3. The number of thioether (sulfide) groups is 1. The zero-order valence-electron chi connectivity index (χ0n) is 7.62.